The molecule has 102 valence electrons. The topological polar surface area (TPSA) is 74.0 Å². The first-order valence-electron chi connectivity index (χ1n) is 6.33. The van der Waals surface area contributed by atoms with Gasteiger partial charge < -0.3 is 10.2 Å². The van der Waals surface area contributed by atoms with Crippen molar-refractivity contribution in [2.45, 2.75) is 20.8 Å². The SMILES string of the molecule is Cc1coc(C)c1C(=O)n1c(C)nc2cc(N)ccc21. The molecule has 0 fully saturated rings. The third-order valence-corrected chi connectivity index (χ3v) is 3.42. The van der Waals surface area contributed by atoms with Crippen LogP contribution in [-0.2, 0) is 0 Å². The van der Waals surface area contributed by atoms with Crippen molar-refractivity contribution >= 4 is 22.6 Å². The summed E-state index contributed by atoms with van der Waals surface area (Å²) in [5.74, 6) is 1.12. The Labute approximate surface area is 116 Å². The van der Waals surface area contributed by atoms with Crippen LogP contribution >= 0.6 is 0 Å². The first-order valence-corrected chi connectivity index (χ1v) is 6.33. The third kappa shape index (κ3) is 1.71. The molecule has 0 spiro atoms. The van der Waals surface area contributed by atoms with Gasteiger partial charge in [0.05, 0.1) is 22.9 Å². The van der Waals surface area contributed by atoms with Crippen molar-refractivity contribution in [1.82, 2.24) is 9.55 Å². The Balaban J connectivity index is 2.25. The highest BCUT2D eigenvalue weighted by Crippen LogP contribution is 2.23. The maximum absolute atomic E-state index is 12.8. The summed E-state index contributed by atoms with van der Waals surface area (Å²) in [4.78, 5) is 17.2. The first-order chi connectivity index (χ1) is 9.49. The number of carbonyl (C=O) groups is 1. The van der Waals surface area contributed by atoms with Crippen LogP contribution in [0.3, 0.4) is 0 Å². The summed E-state index contributed by atoms with van der Waals surface area (Å²) in [5.41, 5.74) is 9.26. The number of imidazole rings is 1. The second-order valence-electron chi connectivity index (χ2n) is 4.90. The zero-order valence-electron chi connectivity index (χ0n) is 11.6. The molecule has 0 aliphatic heterocycles. The molecule has 2 N–H and O–H groups in total. The molecule has 0 bridgehead atoms. The molecule has 0 saturated heterocycles. The lowest BCUT2D eigenvalue weighted by Crippen LogP contribution is -2.15. The van der Waals surface area contributed by atoms with E-state index in [1.54, 1.807) is 36.8 Å². The van der Waals surface area contributed by atoms with Crippen LogP contribution in [0.15, 0.2) is 28.9 Å². The van der Waals surface area contributed by atoms with Gasteiger partial charge in [0.1, 0.15) is 11.6 Å². The zero-order valence-corrected chi connectivity index (χ0v) is 11.6. The molecule has 1 aromatic carbocycles. The number of furan rings is 1. The summed E-state index contributed by atoms with van der Waals surface area (Å²) < 4.78 is 6.91. The predicted molar refractivity (Wildman–Crippen MR) is 76.8 cm³/mol. The summed E-state index contributed by atoms with van der Waals surface area (Å²) in [7, 11) is 0. The second-order valence-corrected chi connectivity index (χ2v) is 4.90. The Hall–Kier alpha value is -2.56. The van der Waals surface area contributed by atoms with Gasteiger partial charge in [-0.3, -0.25) is 9.36 Å². The van der Waals surface area contributed by atoms with Crippen molar-refractivity contribution in [3.05, 3.63) is 47.2 Å². The van der Waals surface area contributed by atoms with E-state index in [1.165, 1.54) is 0 Å². The number of rotatable bonds is 1. The Bertz CT molecular complexity index is 808. The number of nitrogen functional groups attached to an aromatic ring is 1. The van der Waals surface area contributed by atoms with E-state index in [9.17, 15) is 4.79 Å². The largest absolute Gasteiger partial charge is 0.469 e. The molecule has 5 nitrogen and oxygen atoms in total. The van der Waals surface area contributed by atoms with Crippen molar-refractivity contribution in [2.75, 3.05) is 5.73 Å². The van der Waals surface area contributed by atoms with E-state index in [0.29, 0.717) is 22.8 Å². The summed E-state index contributed by atoms with van der Waals surface area (Å²) in [6.07, 6.45) is 1.59. The minimum absolute atomic E-state index is 0.126. The molecule has 0 aliphatic carbocycles. The van der Waals surface area contributed by atoms with E-state index >= 15 is 0 Å². The molecular formula is C15H15N3O2. The molecule has 0 amide bonds. The zero-order chi connectivity index (χ0) is 14.4. The molecule has 0 atom stereocenters. The number of carbonyl (C=O) groups excluding carboxylic acids is 1. The monoisotopic (exact) mass is 269 g/mol. The molecular weight excluding hydrogens is 254 g/mol. The highest BCUT2D eigenvalue weighted by Gasteiger charge is 2.21. The Kier molecular flexibility index (Phi) is 2.64. The van der Waals surface area contributed by atoms with Crippen molar-refractivity contribution < 1.29 is 9.21 Å². The molecule has 20 heavy (non-hydrogen) atoms. The number of aryl methyl sites for hydroxylation is 3. The Morgan fingerprint density at radius 1 is 1.30 bits per heavy atom. The van der Waals surface area contributed by atoms with Crippen molar-refractivity contribution in [1.29, 1.82) is 0 Å². The number of hydrogen-bond acceptors (Lipinski definition) is 4. The number of aromatic nitrogens is 2. The number of benzene rings is 1. The van der Waals surface area contributed by atoms with E-state index in [0.717, 1.165) is 16.6 Å². The lowest BCUT2D eigenvalue weighted by Gasteiger charge is -2.05. The van der Waals surface area contributed by atoms with E-state index in [4.69, 9.17) is 10.2 Å². The number of nitrogens with two attached hydrogens (primary N) is 1. The van der Waals surface area contributed by atoms with Gasteiger partial charge >= 0.3 is 0 Å². The summed E-state index contributed by atoms with van der Waals surface area (Å²) in [6, 6.07) is 5.34. The quantitative estimate of drug-likeness (QED) is 0.689. The maximum Gasteiger partial charge on any atom is 0.267 e. The van der Waals surface area contributed by atoms with Crippen molar-refractivity contribution in [3.63, 3.8) is 0 Å². The van der Waals surface area contributed by atoms with Crippen LogP contribution in [0.1, 0.15) is 27.5 Å². The fraction of sp³-hybridized carbons (Fsp3) is 0.200. The highest BCUT2D eigenvalue weighted by atomic mass is 16.3. The fourth-order valence-electron chi connectivity index (χ4n) is 2.48. The lowest BCUT2D eigenvalue weighted by molar-refractivity contribution is 0.0960. The van der Waals surface area contributed by atoms with Crippen LogP contribution in [0.25, 0.3) is 11.0 Å². The summed E-state index contributed by atoms with van der Waals surface area (Å²) in [6.45, 7) is 5.45. The average molecular weight is 269 g/mol. The standard InChI is InChI=1S/C15H15N3O2/c1-8-7-20-9(2)14(8)15(19)18-10(3)17-12-6-11(16)4-5-13(12)18/h4-7H,16H2,1-3H3. The smallest absolute Gasteiger partial charge is 0.267 e. The predicted octanol–water partition coefficient (Wildman–Crippen LogP) is 2.83. The minimum atomic E-state index is -0.126. The molecule has 5 heteroatoms. The number of fused-ring (bicyclic) bond motifs is 1. The van der Waals surface area contributed by atoms with E-state index in [1.807, 2.05) is 13.0 Å². The number of nitrogens with zero attached hydrogens (tertiary/aromatic N) is 2. The van der Waals surface area contributed by atoms with Gasteiger partial charge in [-0.1, -0.05) is 0 Å². The van der Waals surface area contributed by atoms with E-state index < -0.39 is 0 Å². The average Bonchev–Trinajstić information content (AvgIpc) is 2.88. The van der Waals surface area contributed by atoms with Crippen LogP contribution in [0.2, 0.25) is 0 Å². The number of anilines is 1. The van der Waals surface area contributed by atoms with Crippen LogP contribution in [0, 0.1) is 20.8 Å². The van der Waals surface area contributed by atoms with Crippen LogP contribution in [0.5, 0.6) is 0 Å². The van der Waals surface area contributed by atoms with Gasteiger partial charge in [-0.25, -0.2) is 4.98 Å². The van der Waals surface area contributed by atoms with Gasteiger partial charge in [0.2, 0.25) is 0 Å². The second kappa shape index (κ2) is 4.23. The fourth-order valence-corrected chi connectivity index (χ4v) is 2.48. The van der Waals surface area contributed by atoms with Gasteiger partial charge in [0, 0.05) is 11.3 Å². The molecule has 0 unspecified atom stereocenters. The highest BCUT2D eigenvalue weighted by molar-refractivity contribution is 6.03. The van der Waals surface area contributed by atoms with Crippen LogP contribution in [0.4, 0.5) is 5.69 Å². The minimum Gasteiger partial charge on any atom is -0.469 e. The van der Waals surface area contributed by atoms with Gasteiger partial charge in [-0.2, -0.15) is 0 Å². The molecule has 0 aliphatic rings. The third-order valence-electron chi connectivity index (χ3n) is 3.42. The molecule has 0 radical (unpaired) electrons. The van der Waals surface area contributed by atoms with Gasteiger partial charge in [-0.05, 0) is 39.0 Å². The molecule has 2 heterocycles. The molecule has 3 aromatic rings. The molecule has 0 saturated carbocycles. The summed E-state index contributed by atoms with van der Waals surface area (Å²) in [5, 5.41) is 0. The van der Waals surface area contributed by atoms with Gasteiger partial charge in [0.15, 0.2) is 0 Å². The lowest BCUT2D eigenvalue weighted by atomic mass is 10.1. The normalized spacial score (nSPS) is 11.2. The van der Waals surface area contributed by atoms with Crippen LogP contribution < -0.4 is 5.73 Å². The van der Waals surface area contributed by atoms with Crippen LogP contribution in [-0.4, -0.2) is 15.5 Å². The van der Waals surface area contributed by atoms with Gasteiger partial charge in [0.25, 0.3) is 5.91 Å². The first kappa shape index (κ1) is 12.5. The maximum atomic E-state index is 12.8. The van der Waals surface area contributed by atoms with E-state index in [-0.39, 0.29) is 5.91 Å². The molecule has 3 rings (SSSR count). The van der Waals surface area contributed by atoms with Gasteiger partial charge in [-0.15, -0.1) is 0 Å². The molecule has 2 aromatic heterocycles. The Morgan fingerprint density at radius 3 is 2.70 bits per heavy atom. The van der Waals surface area contributed by atoms with Crippen molar-refractivity contribution in [3.8, 4) is 0 Å². The van der Waals surface area contributed by atoms with Crippen molar-refractivity contribution in [2.24, 2.45) is 0 Å². The van der Waals surface area contributed by atoms with E-state index in [2.05, 4.69) is 4.98 Å². The Morgan fingerprint density at radius 2 is 2.05 bits per heavy atom. The summed E-state index contributed by atoms with van der Waals surface area (Å²) >= 11 is 0. The number of hydrogen-bond donors (Lipinski definition) is 1.